The second kappa shape index (κ2) is 4.44. The highest BCUT2D eigenvalue weighted by Crippen LogP contribution is 2.34. The van der Waals surface area contributed by atoms with Crippen molar-refractivity contribution in [3.8, 4) is 0 Å². The lowest BCUT2D eigenvalue weighted by Gasteiger charge is -2.36. The maximum absolute atomic E-state index is 4.59. The standard InChI is InChI=1S/C15H22N4/c1-19(12-7-10-5-6-11(8-12)18-10)15-13-3-2-4-14(13)16-9-17-15/h9-12,18H,2-8H2,1H3. The van der Waals surface area contributed by atoms with Gasteiger partial charge in [-0.1, -0.05) is 0 Å². The molecule has 102 valence electrons. The van der Waals surface area contributed by atoms with Crippen LogP contribution in [0.3, 0.4) is 0 Å². The molecule has 1 aliphatic carbocycles. The molecule has 1 aromatic heterocycles. The van der Waals surface area contributed by atoms with Crippen molar-refractivity contribution in [1.29, 1.82) is 0 Å². The van der Waals surface area contributed by atoms with Crippen LogP contribution < -0.4 is 10.2 Å². The van der Waals surface area contributed by atoms with Crippen LogP contribution in [0.1, 0.15) is 43.4 Å². The normalized spacial score (nSPS) is 32.4. The summed E-state index contributed by atoms with van der Waals surface area (Å²) in [6.45, 7) is 0. The highest BCUT2D eigenvalue weighted by Gasteiger charge is 2.36. The minimum Gasteiger partial charge on any atom is -0.356 e. The van der Waals surface area contributed by atoms with Crippen LogP contribution in [0.2, 0.25) is 0 Å². The summed E-state index contributed by atoms with van der Waals surface area (Å²) in [6.07, 6.45) is 10.5. The van der Waals surface area contributed by atoms with Gasteiger partial charge in [-0.3, -0.25) is 0 Å². The van der Waals surface area contributed by atoms with E-state index in [1.165, 1.54) is 49.2 Å². The molecule has 2 unspecified atom stereocenters. The van der Waals surface area contributed by atoms with Gasteiger partial charge in [0.25, 0.3) is 0 Å². The Morgan fingerprint density at radius 2 is 1.95 bits per heavy atom. The molecule has 1 N–H and O–H groups in total. The molecule has 19 heavy (non-hydrogen) atoms. The quantitative estimate of drug-likeness (QED) is 0.876. The van der Waals surface area contributed by atoms with Gasteiger partial charge >= 0.3 is 0 Å². The van der Waals surface area contributed by atoms with E-state index >= 15 is 0 Å². The predicted octanol–water partition coefficient (Wildman–Crippen LogP) is 1.68. The molecule has 0 spiro atoms. The molecular formula is C15H22N4. The summed E-state index contributed by atoms with van der Waals surface area (Å²) in [7, 11) is 2.23. The van der Waals surface area contributed by atoms with Crippen LogP contribution in [-0.2, 0) is 12.8 Å². The molecule has 2 bridgehead atoms. The van der Waals surface area contributed by atoms with E-state index in [0.717, 1.165) is 24.9 Å². The van der Waals surface area contributed by atoms with E-state index in [1.54, 1.807) is 6.33 Å². The van der Waals surface area contributed by atoms with Crippen LogP contribution in [0.4, 0.5) is 5.82 Å². The van der Waals surface area contributed by atoms with Crippen LogP contribution in [0.5, 0.6) is 0 Å². The van der Waals surface area contributed by atoms with Gasteiger partial charge < -0.3 is 10.2 Å². The van der Waals surface area contributed by atoms with Crippen LogP contribution >= 0.6 is 0 Å². The van der Waals surface area contributed by atoms with E-state index in [9.17, 15) is 0 Å². The Labute approximate surface area is 114 Å². The summed E-state index contributed by atoms with van der Waals surface area (Å²) in [5.74, 6) is 1.20. The lowest BCUT2D eigenvalue weighted by Crippen LogP contribution is -2.47. The maximum Gasteiger partial charge on any atom is 0.135 e. The summed E-state index contributed by atoms with van der Waals surface area (Å²) < 4.78 is 0. The van der Waals surface area contributed by atoms with Gasteiger partial charge in [-0.25, -0.2) is 9.97 Å². The molecule has 4 nitrogen and oxygen atoms in total. The van der Waals surface area contributed by atoms with Crippen molar-refractivity contribution in [2.45, 2.75) is 63.1 Å². The zero-order chi connectivity index (χ0) is 12.8. The fraction of sp³-hybridized carbons (Fsp3) is 0.733. The van der Waals surface area contributed by atoms with E-state index in [4.69, 9.17) is 0 Å². The molecule has 4 heteroatoms. The Kier molecular flexibility index (Phi) is 2.72. The van der Waals surface area contributed by atoms with Crippen molar-refractivity contribution < 1.29 is 0 Å². The molecule has 0 aromatic carbocycles. The molecule has 0 amide bonds. The van der Waals surface area contributed by atoms with Crippen LogP contribution in [0.15, 0.2) is 6.33 Å². The van der Waals surface area contributed by atoms with Gasteiger partial charge in [0.2, 0.25) is 0 Å². The molecule has 4 rings (SSSR count). The molecule has 1 aromatic rings. The first kappa shape index (κ1) is 11.6. The van der Waals surface area contributed by atoms with E-state index < -0.39 is 0 Å². The van der Waals surface area contributed by atoms with Gasteiger partial charge in [-0.05, 0) is 44.9 Å². The number of nitrogens with zero attached hydrogens (tertiary/aromatic N) is 3. The summed E-state index contributed by atoms with van der Waals surface area (Å²) in [5, 5.41) is 3.72. The first-order chi connectivity index (χ1) is 9.31. The summed E-state index contributed by atoms with van der Waals surface area (Å²) >= 11 is 0. The van der Waals surface area contributed by atoms with Crippen LogP contribution in [0.25, 0.3) is 0 Å². The van der Waals surface area contributed by atoms with Gasteiger partial charge in [0.05, 0.1) is 0 Å². The van der Waals surface area contributed by atoms with Crippen molar-refractivity contribution in [3.05, 3.63) is 17.6 Å². The van der Waals surface area contributed by atoms with Crippen LogP contribution in [-0.4, -0.2) is 35.1 Å². The molecule has 3 heterocycles. The summed E-state index contributed by atoms with van der Waals surface area (Å²) in [4.78, 5) is 11.5. The lowest BCUT2D eigenvalue weighted by atomic mass is 9.98. The highest BCUT2D eigenvalue weighted by molar-refractivity contribution is 5.50. The number of rotatable bonds is 2. The average molecular weight is 258 g/mol. The number of anilines is 1. The van der Waals surface area contributed by atoms with Gasteiger partial charge in [0.1, 0.15) is 12.1 Å². The van der Waals surface area contributed by atoms with Crippen molar-refractivity contribution in [2.24, 2.45) is 0 Å². The van der Waals surface area contributed by atoms with Crippen molar-refractivity contribution in [3.63, 3.8) is 0 Å². The number of fused-ring (bicyclic) bond motifs is 3. The van der Waals surface area contributed by atoms with Gasteiger partial charge in [0.15, 0.2) is 0 Å². The molecule has 2 aliphatic heterocycles. The number of hydrogen-bond donors (Lipinski definition) is 1. The fourth-order valence-corrected chi connectivity index (χ4v) is 4.16. The molecular weight excluding hydrogens is 236 g/mol. The zero-order valence-electron chi connectivity index (χ0n) is 11.6. The topological polar surface area (TPSA) is 41.1 Å². The second-order valence-corrected chi connectivity index (χ2v) is 6.35. The first-order valence-corrected chi connectivity index (χ1v) is 7.63. The van der Waals surface area contributed by atoms with Gasteiger partial charge in [0, 0.05) is 36.4 Å². The minimum atomic E-state index is 0.651. The Morgan fingerprint density at radius 1 is 1.16 bits per heavy atom. The number of piperidine rings is 1. The molecule has 0 saturated carbocycles. The number of nitrogens with one attached hydrogen (secondary N) is 1. The number of aromatic nitrogens is 2. The molecule has 2 fully saturated rings. The first-order valence-electron chi connectivity index (χ1n) is 7.63. The fourth-order valence-electron chi connectivity index (χ4n) is 4.16. The van der Waals surface area contributed by atoms with E-state index in [-0.39, 0.29) is 0 Å². The Bertz CT molecular complexity index is 475. The molecule has 0 radical (unpaired) electrons. The third-order valence-corrected chi connectivity index (χ3v) is 5.18. The molecule has 3 aliphatic rings. The van der Waals surface area contributed by atoms with Gasteiger partial charge in [-0.2, -0.15) is 0 Å². The van der Waals surface area contributed by atoms with Crippen molar-refractivity contribution in [2.75, 3.05) is 11.9 Å². The molecule has 2 atom stereocenters. The van der Waals surface area contributed by atoms with Crippen molar-refractivity contribution >= 4 is 5.82 Å². The van der Waals surface area contributed by atoms with E-state index in [1.807, 2.05) is 0 Å². The summed E-state index contributed by atoms with van der Waals surface area (Å²) in [5.41, 5.74) is 2.70. The Hall–Kier alpha value is -1.16. The number of hydrogen-bond acceptors (Lipinski definition) is 4. The Morgan fingerprint density at radius 3 is 2.74 bits per heavy atom. The van der Waals surface area contributed by atoms with Gasteiger partial charge in [-0.15, -0.1) is 0 Å². The minimum absolute atomic E-state index is 0.651. The van der Waals surface area contributed by atoms with E-state index in [2.05, 4.69) is 27.2 Å². The Balaban J connectivity index is 1.60. The predicted molar refractivity (Wildman–Crippen MR) is 75.4 cm³/mol. The third kappa shape index (κ3) is 1.93. The maximum atomic E-state index is 4.59. The number of aryl methyl sites for hydroxylation is 1. The SMILES string of the molecule is CN(c1ncnc2c1CCC2)C1CC2CCC(C1)N2. The molecule has 2 saturated heterocycles. The van der Waals surface area contributed by atoms with Crippen molar-refractivity contribution in [1.82, 2.24) is 15.3 Å². The largest absolute Gasteiger partial charge is 0.356 e. The average Bonchev–Trinajstić information content (AvgIpc) is 3.04. The van der Waals surface area contributed by atoms with E-state index in [0.29, 0.717) is 6.04 Å². The third-order valence-electron chi connectivity index (χ3n) is 5.18. The highest BCUT2D eigenvalue weighted by atomic mass is 15.2. The smallest absolute Gasteiger partial charge is 0.135 e. The van der Waals surface area contributed by atoms with Crippen LogP contribution in [0, 0.1) is 0 Å². The second-order valence-electron chi connectivity index (χ2n) is 6.35. The monoisotopic (exact) mass is 258 g/mol. The lowest BCUT2D eigenvalue weighted by molar-refractivity contribution is 0.353. The zero-order valence-corrected chi connectivity index (χ0v) is 11.6. The summed E-state index contributed by atoms with van der Waals surface area (Å²) in [6, 6.07) is 2.13.